The van der Waals surface area contributed by atoms with Crippen LogP contribution in [0.25, 0.3) is 0 Å². The van der Waals surface area contributed by atoms with Crippen molar-refractivity contribution in [1.82, 2.24) is 9.62 Å². The Morgan fingerprint density at radius 2 is 1.88 bits per heavy atom. The summed E-state index contributed by atoms with van der Waals surface area (Å²) < 4.78 is 33.2. The van der Waals surface area contributed by atoms with Crippen molar-refractivity contribution in [2.24, 2.45) is 0 Å². The predicted octanol–water partition coefficient (Wildman–Crippen LogP) is 3.00. The summed E-state index contributed by atoms with van der Waals surface area (Å²) in [5.41, 5.74) is 3.79. The van der Waals surface area contributed by atoms with E-state index in [1.54, 1.807) is 0 Å². The van der Waals surface area contributed by atoms with E-state index in [9.17, 15) is 8.42 Å². The lowest BCUT2D eigenvalue weighted by atomic mass is 9.82. The molecule has 0 spiro atoms. The van der Waals surface area contributed by atoms with Crippen molar-refractivity contribution in [3.8, 4) is 5.75 Å². The molecule has 2 atom stereocenters. The van der Waals surface area contributed by atoms with E-state index >= 15 is 0 Å². The van der Waals surface area contributed by atoms with Gasteiger partial charge in [-0.2, -0.15) is 0 Å². The number of benzene rings is 2. The van der Waals surface area contributed by atoms with E-state index in [1.807, 2.05) is 6.92 Å². The Bertz CT molecular complexity index is 1030. The van der Waals surface area contributed by atoms with Crippen LogP contribution in [0.2, 0.25) is 0 Å². The van der Waals surface area contributed by atoms with Gasteiger partial charge in [0.2, 0.25) is 10.0 Å². The zero-order valence-electron chi connectivity index (χ0n) is 18.7. The average Bonchev–Trinajstić information content (AvgIpc) is 2.71. The normalized spacial score (nSPS) is 23.7. The first-order valence-corrected chi connectivity index (χ1v) is 13.5. The summed E-state index contributed by atoms with van der Waals surface area (Å²) in [6.07, 6.45) is 2.91. The van der Waals surface area contributed by atoms with E-state index in [0.29, 0.717) is 31.5 Å². The smallest absolute Gasteiger partial charge is 0.211 e. The van der Waals surface area contributed by atoms with Crippen LogP contribution in [0.3, 0.4) is 0 Å². The van der Waals surface area contributed by atoms with Crippen molar-refractivity contribution in [3.05, 3.63) is 59.7 Å². The molecule has 0 amide bonds. The van der Waals surface area contributed by atoms with E-state index < -0.39 is 10.0 Å². The van der Waals surface area contributed by atoms with E-state index in [1.165, 1.54) is 17.5 Å². The minimum Gasteiger partial charge on any atom is -0.492 e. The molecule has 0 radical (unpaired) electrons. The topological polar surface area (TPSA) is 61.9 Å². The number of hydrogen-bond donors (Lipinski definition) is 1. The van der Waals surface area contributed by atoms with Crippen molar-refractivity contribution in [1.29, 1.82) is 0 Å². The molecule has 3 aliphatic rings. The van der Waals surface area contributed by atoms with Gasteiger partial charge in [-0.25, -0.2) is 13.1 Å². The van der Waals surface area contributed by atoms with E-state index in [-0.39, 0.29) is 11.8 Å². The Balaban J connectivity index is 1.35. The maximum atomic E-state index is 12.1. The van der Waals surface area contributed by atoms with Gasteiger partial charge in [-0.05, 0) is 56.1 Å². The molecule has 3 heterocycles. The monoisotopic (exact) mass is 455 g/mol. The second kappa shape index (κ2) is 9.04. The fourth-order valence-electron chi connectivity index (χ4n) is 5.14. The molecule has 7 heteroatoms. The highest BCUT2D eigenvalue weighted by atomic mass is 32.2. The quantitative estimate of drug-likeness (QED) is 0.663. The molecule has 6 nitrogen and oxygen atoms in total. The number of nitrogens with zero attached hydrogens (tertiary/aromatic N) is 2. The molecule has 1 N–H and O–H groups in total. The van der Waals surface area contributed by atoms with Gasteiger partial charge in [0.15, 0.2) is 0 Å². The number of likely N-dealkylation sites (tertiary alicyclic amines) is 1. The lowest BCUT2D eigenvalue weighted by molar-refractivity contribution is 0.0502. The van der Waals surface area contributed by atoms with Crippen LogP contribution in [-0.2, 0) is 16.4 Å². The van der Waals surface area contributed by atoms with Crippen LogP contribution >= 0.6 is 0 Å². The van der Waals surface area contributed by atoms with Gasteiger partial charge in [0.05, 0.1) is 17.8 Å². The zero-order chi connectivity index (χ0) is 22.1. The molecule has 3 aliphatic heterocycles. The maximum absolute atomic E-state index is 12.1. The van der Waals surface area contributed by atoms with Gasteiger partial charge in [0, 0.05) is 30.3 Å². The molecular weight excluding hydrogens is 422 g/mol. The minimum absolute atomic E-state index is 0.00668. The molecule has 0 unspecified atom stereocenters. The fourth-order valence-corrected chi connectivity index (χ4v) is 6.46. The highest BCUT2D eigenvalue weighted by molar-refractivity contribution is 7.89. The molecule has 0 saturated carbocycles. The van der Waals surface area contributed by atoms with Crippen molar-refractivity contribution in [2.45, 2.75) is 44.2 Å². The average molecular weight is 456 g/mol. The molecule has 0 aromatic heterocycles. The van der Waals surface area contributed by atoms with Crippen LogP contribution in [0.15, 0.2) is 48.5 Å². The fraction of sp³-hybridized carbons (Fsp3) is 0.520. The number of fused-ring (bicyclic) bond motifs is 1. The highest BCUT2D eigenvalue weighted by Gasteiger charge is 2.38. The van der Waals surface area contributed by atoms with Gasteiger partial charge in [-0.15, -0.1) is 0 Å². The van der Waals surface area contributed by atoms with Crippen LogP contribution in [0.1, 0.15) is 36.8 Å². The second-order valence-corrected chi connectivity index (χ2v) is 11.2. The number of rotatable bonds is 8. The van der Waals surface area contributed by atoms with E-state index in [4.69, 9.17) is 4.74 Å². The molecule has 5 rings (SSSR count). The van der Waals surface area contributed by atoms with Crippen molar-refractivity contribution in [2.75, 3.05) is 43.4 Å². The van der Waals surface area contributed by atoms with E-state index in [2.05, 4.69) is 63.1 Å². The Hall–Kier alpha value is -2.09. The largest absolute Gasteiger partial charge is 0.492 e. The van der Waals surface area contributed by atoms with Gasteiger partial charge in [0.25, 0.3) is 0 Å². The van der Waals surface area contributed by atoms with Gasteiger partial charge < -0.3 is 9.64 Å². The molecule has 0 bridgehead atoms. The number of hydrogen-bond acceptors (Lipinski definition) is 5. The predicted molar refractivity (Wildman–Crippen MR) is 128 cm³/mol. The van der Waals surface area contributed by atoms with Crippen molar-refractivity contribution in [3.63, 3.8) is 0 Å². The molecule has 2 fully saturated rings. The van der Waals surface area contributed by atoms with Gasteiger partial charge in [-0.3, -0.25) is 4.90 Å². The van der Waals surface area contributed by atoms with E-state index in [0.717, 1.165) is 37.6 Å². The summed E-state index contributed by atoms with van der Waals surface area (Å²) in [5, 5.41) is 0. The molecule has 2 aromatic rings. The summed E-state index contributed by atoms with van der Waals surface area (Å²) in [7, 11) is -3.17. The van der Waals surface area contributed by atoms with Crippen LogP contribution < -0.4 is 14.4 Å². The standard InChI is InChI=1S/C25H33N3O3S/c1-2-13-32(29,30)26-20-16-28(17-20)21-9-10-25-23(15-21)22(14-19-7-4-3-5-8-19)24(18-31-25)27-11-6-12-27/h3-5,7-10,15,20,22,24,26H,2,6,11-14,16-18H2,1H3/t22-,24+/m0/s1. The second-order valence-electron chi connectivity index (χ2n) is 9.32. The lowest BCUT2D eigenvalue weighted by Gasteiger charge is -2.46. The molecule has 0 aliphatic carbocycles. The maximum Gasteiger partial charge on any atom is 0.211 e. The molecular formula is C25H33N3O3S. The Labute approximate surface area is 191 Å². The summed E-state index contributed by atoms with van der Waals surface area (Å²) in [4.78, 5) is 4.82. The molecule has 2 saturated heterocycles. The third kappa shape index (κ3) is 4.51. The third-order valence-corrected chi connectivity index (χ3v) is 8.63. The first kappa shape index (κ1) is 21.7. The highest BCUT2D eigenvalue weighted by Crippen LogP contribution is 2.41. The van der Waals surface area contributed by atoms with Crippen molar-refractivity contribution < 1.29 is 13.2 Å². The summed E-state index contributed by atoms with van der Waals surface area (Å²) in [6.45, 7) is 6.36. The first-order chi connectivity index (χ1) is 15.5. The molecule has 32 heavy (non-hydrogen) atoms. The molecule has 2 aromatic carbocycles. The minimum atomic E-state index is -3.17. The Kier molecular flexibility index (Phi) is 6.14. The Morgan fingerprint density at radius 1 is 1.09 bits per heavy atom. The van der Waals surface area contributed by atoms with Gasteiger partial charge >= 0.3 is 0 Å². The zero-order valence-corrected chi connectivity index (χ0v) is 19.6. The summed E-state index contributed by atoms with van der Waals surface area (Å²) in [5.74, 6) is 1.58. The number of anilines is 1. The van der Waals surface area contributed by atoms with Crippen LogP contribution in [-0.4, -0.2) is 63.9 Å². The van der Waals surface area contributed by atoms with Gasteiger partial charge in [-0.1, -0.05) is 37.3 Å². The van der Waals surface area contributed by atoms with Gasteiger partial charge in [0.1, 0.15) is 12.4 Å². The number of sulfonamides is 1. The lowest BCUT2D eigenvalue weighted by Crippen LogP contribution is -2.59. The molecule has 172 valence electrons. The number of ether oxygens (including phenoxy) is 1. The first-order valence-electron chi connectivity index (χ1n) is 11.8. The summed E-state index contributed by atoms with van der Waals surface area (Å²) >= 11 is 0. The Morgan fingerprint density at radius 3 is 2.56 bits per heavy atom. The summed E-state index contributed by atoms with van der Waals surface area (Å²) in [6, 6.07) is 17.6. The third-order valence-electron chi connectivity index (χ3n) is 6.99. The van der Waals surface area contributed by atoms with Crippen LogP contribution in [0.4, 0.5) is 5.69 Å². The van der Waals surface area contributed by atoms with Crippen molar-refractivity contribution >= 4 is 15.7 Å². The number of nitrogens with one attached hydrogen (secondary N) is 1. The van der Waals surface area contributed by atoms with Crippen LogP contribution in [0, 0.1) is 0 Å². The SMILES string of the molecule is CCCS(=O)(=O)NC1CN(c2ccc3c(c2)[C@H](Cc2ccccc2)[C@H](N2CCC2)CO3)C1. The van der Waals surface area contributed by atoms with Crippen LogP contribution in [0.5, 0.6) is 5.75 Å².